The van der Waals surface area contributed by atoms with Gasteiger partial charge in [0, 0.05) is 5.39 Å². The Labute approximate surface area is 78.9 Å². The molecule has 0 bridgehead atoms. The monoisotopic (exact) mass is 189 g/mol. The van der Waals surface area contributed by atoms with Gasteiger partial charge in [-0.1, -0.05) is 6.07 Å². The average molecular weight is 189 g/mol. The van der Waals surface area contributed by atoms with Crippen molar-refractivity contribution in [2.24, 2.45) is 5.73 Å². The van der Waals surface area contributed by atoms with E-state index in [1.54, 1.807) is 18.2 Å². The summed E-state index contributed by atoms with van der Waals surface area (Å²) in [6.07, 6.45) is 0. The summed E-state index contributed by atoms with van der Waals surface area (Å²) in [6.45, 7) is 0. The zero-order valence-corrected chi connectivity index (χ0v) is 7.14. The third-order valence-electron chi connectivity index (χ3n) is 1.87. The molecule has 1 aromatic heterocycles. The van der Waals surface area contributed by atoms with E-state index in [0.717, 1.165) is 0 Å². The van der Waals surface area contributed by atoms with Crippen LogP contribution in [-0.4, -0.2) is 21.3 Å². The first kappa shape index (κ1) is 8.36. The molecule has 70 valence electrons. The van der Waals surface area contributed by atoms with Gasteiger partial charge in [-0.3, -0.25) is 4.79 Å². The number of aromatic nitrogens is 3. The molecule has 0 spiro atoms. The van der Waals surface area contributed by atoms with E-state index in [0.29, 0.717) is 16.5 Å². The number of carbonyl (C=O) groups is 1. The van der Waals surface area contributed by atoms with Crippen LogP contribution in [0.1, 0.15) is 10.4 Å². The number of hydrogen-bond acceptors (Lipinski definition) is 5. The molecule has 0 radical (unpaired) electrons. The molecule has 1 amide bonds. The molecule has 0 aliphatic rings. The first-order valence-electron chi connectivity index (χ1n) is 3.87. The summed E-state index contributed by atoms with van der Waals surface area (Å²) in [5, 5.41) is 11.3. The van der Waals surface area contributed by atoms with Crippen molar-refractivity contribution in [3.63, 3.8) is 0 Å². The van der Waals surface area contributed by atoms with Crippen LogP contribution < -0.4 is 11.5 Å². The van der Waals surface area contributed by atoms with Gasteiger partial charge in [-0.15, -0.1) is 10.2 Å². The summed E-state index contributed by atoms with van der Waals surface area (Å²) < 4.78 is 0. The smallest absolute Gasteiger partial charge is 0.250 e. The van der Waals surface area contributed by atoms with Crippen molar-refractivity contribution in [3.8, 4) is 0 Å². The van der Waals surface area contributed by atoms with E-state index in [2.05, 4.69) is 15.4 Å². The van der Waals surface area contributed by atoms with Crippen molar-refractivity contribution < 1.29 is 4.79 Å². The molecular formula is C8H7N5O. The summed E-state index contributed by atoms with van der Waals surface area (Å²) >= 11 is 0. The van der Waals surface area contributed by atoms with Crippen molar-refractivity contribution in [2.75, 3.05) is 5.73 Å². The fraction of sp³-hybridized carbons (Fsp3) is 0. The lowest BCUT2D eigenvalue weighted by Gasteiger charge is -2.01. The van der Waals surface area contributed by atoms with Crippen LogP contribution in [0.15, 0.2) is 18.2 Å². The summed E-state index contributed by atoms with van der Waals surface area (Å²) in [4.78, 5) is 11.0. The molecule has 14 heavy (non-hydrogen) atoms. The molecule has 4 N–H and O–H groups in total. The van der Waals surface area contributed by atoms with Crippen molar-refractivity contribution in [2.45, 2.75) is 0 Å². The van der Waals surface area contributed by atoms with Gasteiger partial charge in [-0.2, -0.15) is 0 Å². The Hall–Kier alpha value is -2.24. The summed E-state index contributed by atoms with van der Waals surface area (Å²) in [5.74, 6) is -0.325. The quantitative estimate of drug-likeness (QED) is 0.640. The number of carbonyl (C=O) groups excluding carboxylic acids is 1. The van der Waals surface area contributed by atoms with Crippen molar-refractivity contribution in [1.29, 1.82) is 0 Å². The number of amides is 1. The Balaban J connectivity index is 2.88. The SMILES string of the molecule is NC(=O)c1cccc2c(N)nnnc12. The molecule has 0 saturated carbocycles. The molecule has 1 aromatic carbocycles. The maximum atomic E-state index is 11.0. The highest BCUT2D eigenvalue weighted by molar-refractivity contribution is 6.06. The molecule has 1 heterocycles. The molecule has 0 atom stereocenters. The van der Waals surface area contributed by atoms with Gasteiger partial charge in [0.1, 0.15) is 5.52 Å². The van der Waals surface area contributed by atoms with Gasteiger partial charge < -0.3 is 11.5 Å². The first-order valence-corrected chi connectivity index (χ1v) is 3.87. The second-order valence-electron chi connectivity index (χ2n) is 2.74. The summed E-state index contributed by atoms with van der Waals surface area (Å²) in [6, 6.07) is 4.94. The topological polar surface area (TPSA) is 108 Å². The molecule has 0 saturated heterocycles. The molecule has 0 aliphatic carbocycles. The minimum atomic E-state index is -0.560. The standard InChI is InChI=1S/C8H7N5O/c9-7-4-2-1-3-5(8(10)14)6(4)11-13-12-7/h1-3H,(H2,10,14)(H2,9,11,12). The summed E-state index contributed by atoms with van der Waals surface area (Å²) in [7, 11) is 0. The van der Waals surface area contributed by atoms with Crippen molar-refractivity contribution >= 4 is 22.6 Å². The first-order chi connectivity index (χ1) is 6.70. The van der Waals surface area contributed by atoms with Crippen LogP contribution in [0.25, 0.3) is 10.9 Å². The molecular weight excluding hydrogens is 182 g/mol. The number of hydrogen-bond donors (Lipinski definition) is 2. The van der Waals surface area contributed by atoms with Gasteiger partial charge in [-0.25, -0.2) is 0 Å². The molecule has 0 unspecified atom stereocenters. The van der Waals surface area contributed by atoms with Crippen LogP contribution >= 0.6 is 0 Å². The lowest BCUT2D eigenvalue weighted by molar-refractivity contribution is 0.100. The van der Waals surface area contributed by atoms with Gasteiger partial charge in [0.2, 0.25) is 0 Å². The highest BCUT2D eigenvalue weighted by Crippen LogP contribution is 2.18. The number of nitrogen functional groups attached to an aromatic ring is 1. The zero-order valence-electron chi connectivity index (χ0n) is 7.14. The van der Waals surface area contributed by atoms with E-state index in [9.17, 15) is 4.79 Å². The molecule has 0 fully saturated rings. The minimum absolute atomic E-state index is 0.234. The number of primary amides is 1. The largest absolute Gasteiger partial charge is 0.382 e. The normalized spacial score (nSPS) is 10.3. The van der Waals surface area contributed by atoms with E-state index >= 15 is 0 Å². The number of rotatable bonds is 1. The molecule has 2 aromatic rings. The highest BCUT2D eigenvalue weighted by atomic mass is 16.1. The Bertz CT molecular complexity index is 510. The third kappa shape index (κ3) is 1.13. The van der Waals surface area contributed by atoms with Gasteiger partial charge >= 0.3 is 0 Å². The Morgan fingerprint density at radius 3 is 2.79 bits per heavy atom. The van der Waals surface area contributed by atoms with Crippen LogP contribution in [-0.2, 0) is 0 Å². The lowest BCUT2D eigenvalue weighted by Crippen LogP contribution is -2.12. The van der Waals surface area contributed by atoms with E-state index < -0.39 is 5.91 Å². The number of nitrogens with two attached hydrogens (primary N) is 2. The van der Waals surface area contributed by atoms with Gasteiger partial charge in [0.25, 0.3) is 5.91 Å². The van der Waals surface area contributed by atoms with E-state index in [4.69, 9.17) is 11.5 Å². The fourth-order valence-corrected chi connectivity index (χ4v) is 1.23. The molecule has 0 aliphatic heterocycles. The van der Waals surface area contributed by atoms with Crippen LogP contribution in [0.3, 0.4) is 0 Å². The van der Waals surface area contributed by atoms with Gasteiger partial charge in [0.15, 0.2) is 5.82 Å². The lowest BCUT2D eigenvalue weighted by atomic mass is 10.1. The fourth-order valence-electron chi connectivity index (χ4n) is 1.23. The van der Waals surface area contributed by atoms with Crippen LogP contribution in [0.4, 0.5) is 5.82 Å². The van der Waals surface area contributed by atoms with Crippen molar-refractivity contribution in [3.05, 3.63) is 23.8 Å². The maximum absolute atomic E-state index is 11.0. The molecule has 2 rings (SSSR count). The highest BCUT2D eigenvalue weighted by Gasteiger charge is 2.09. The number of fused-ring (bicyclic) bond motifs is 1. The third-order valence-corrected chi connectivity index (χ3v) is 1.87. The van der Waals surface area contributed by atoms with Gasteiger partial charge in [0.05, 0.1) is 5.56 Å². The molecule has 6 nitrogen and oxygen atoms in total. The van der Waals surface area contributed by atoms with E-state index in [1.165, 1.54) is 0 Å². The Morgan fingerprint density at radius 2 is 2.07 bits per heavy atom. The average Bonchev–Trinajstić information content (AvgIpc) is 2.17. The number of anilines is 1. The number of benzene rings is 1. The number of nitrogens with zero attached hydrogens (tertiary/aromatic N) is 3. The second-order valence-corrected chi connectivity index (χ2v) is 2.74. The predicted molar refractivity (Wildman–Crippen MR) is 50.3 cm³/mol. The Morgan fingerprint density at radius 1 is 1.29 bits per heavy atom. The van der Waals surface area contributed by atoms with Crippen LogP contribution in [0.2, 0.25) is 0 Å². The maximum Gasteiger partial charge on any atom is 0.250 e. The predicted octanol–water partition coefficient (Wildman–Crippen LogP) is -0.294. The Kier molecular flexibility index (Phi) is 1.74. The van der Waals surface area contributed by atoms with Gasteiger partial charge in [-0.05, 0) is 17.3 Å². The van der Waals surface area contributed by atoms with Crippen molar-refractivity contribution in [1.82, 2.24) is 15.4 Å². The zero-order chi connectivity index (χ0) is 10.1. The van der Waals surface area contributed by atoms with Crippen LogP contribution in [0, 0.1) is 0 Å². The summed E-state index contributed by atoms with van der Waals surface area (Å²) in [5.41, 5.74) is 11.4. The van der Waals surface area contributed by atoms with E-state index in [1.807, 2.05) is 0 Å². The molecule has 6 heteroatoms. The second kappa shape index (κ2) is 2.91. The van der Waals surface area contributed by atoms with E-state index in [-0.39, 0.29) is 5.82 Å². The minimum Gasteiger partial charge on any atom is -0.382 e. The van der Waals surface area contributed by atoms with Crippen LogP contribution in [0.5, 0.6) is 0 Å².